The number of methoxy groups -OCH3 is 1. The van der Waals surface area contributed by atoms with Crippen LogP contribution < -0.4 is 10.1 Å². The van der Waals surface area contributed by atoms with Gasteiger partial charge in [0.25, 0.3) is 5.91 Å². The van der Waals surface area contributed by atoms with Crippen molar-refractivity contribution in [1.82, 2.24) is 25.5 Å². The topological polar surface area (TPSA) is 81.9 Å². The molecule has 1 aromatic heterocycles. The summed E-state index contributed by atoms with van der Waals surface area (Å²) in [6, 6.07) is 7.11. The lowest BCUT2D eigenvalue weighted by atomic mass is 10.0. The fourth-order valence-corrected chi connectivity index (χ4v) is 2.59. The highest BCUT2D eigenvalue weighted by molar-refractivity contribution is 5.94. The van der Waals surface area contributed by atoms with Crippen LogP contribution in [0.25, 0.3) is 5.69 Å². The number of nitrogens with one attached hydrogen (secondary N) is 1. The summed E-state index contributed by atoms with van der Waals surface area (Å²) >= 11 is 0. The van der Waals surface area contributed by atoms with Gasteiger partial charge >= 0.3 is 12.4 Å². The Morgan fingerprint density at radius 3 is 2.10 bits per heavy atom. The molecule has 13 heteroatoms. The number of halogens is 6. The van der Waals surface area contributed by atoms with Crippen molar-refractivity contribution in [2.24, 2.45) is 0 Å². The number of hydrogen-bond donors (Lipinski definition) is 1. The van der Waals surface area contributed by atoms with Crippen molar-refractivity contribution in [3.63, 3.8) is 0 Å². The molecular weight excluding hydrogens is 432 g/mol. The van der Waals surface area contributed by atoms with Crippen molar-refractivity contribution >= 4 is 5.91 Å². The van der Waals surface area contributed by atoms with Crippen LogP contribution in [0.2, 0.25) is 0 Å². The van der Waals surface area contributed by atoms with E-state index in [9.17, 15) is 31.1 Å². The SMILES string of the molecule is COc1ccc(-n2nnnc2CNC(=O)c2cc(C(F)(F)F)cc(C(F)(F)F)c2)cc1. The van der Waals surface area contributed by atoms with Gasteiger partial charge in [0, 0.05) is 5.56 Å². The Balaban J connectivity index is 1.82. The van der Waals surface area contributed by atoms with Crippen LogP contribution in [0, 0.1) is 0 Å². The van der Waals surface area contributed by atoms with Crippen molar-refractivity contribution < 1.29 is 35.9 Å². The molecule has 0 fully saturated rings. The van der Waals surface area contributed by atoms with E-state index in [-0.39, 0.29) is 18.4 Å². The number of carbonyl (C=O) groups excluding carboxylic acids is 1. The van der Waals surface area contributed by atoms with Crippen LogP contribution in [0.4, 0.5) is 26.3 Å². The van der Waals surface area contributed by atoms with E-state index in [1.165, 1.54) is 11.8 Å². The summed E-state index contributed by atoms with van der Waals surface area (Å²) in [4.78, 5) is 12.3. The van der Waals surface area contributed by atoms with E-state index in [2.05, 4.69) is 20.8 Å². The van der Waals surface area contributed by atoms with Crippen molar-refractivity contribution in [3.8, 4) is 11.4 Å². The standard InChI is InChI=1S/C18H13F6N5O2/c1-31-14-4-2-13(3-5-14)29-15(26-27-28-29)9-25-16(30)10-6-11(17(19,20)21)8-12(7-10)18(22,23)24/h2-8H,9H2,1H3,(H,25,30). The van der Waals surface area contributed by atoms with Crippen molar-refractivity contribution in [2.75, 3.05) is 7.11 Å². The van der Waals surface area contributed by atoms with Gasteiger partial charge in [-0.25, -0.2) is 0 Å². The fraction of sp³-hybridized carbons (Fsp3) is 0.222. The minimum atomic E-state index is -5.06. The third-order valence-electron chi connectivity index (χ3n) is 4.11. The maximum absolute atomic E-state index is 13.0. The number of tetrazole rings is 1. The Morgan fingerprint density at radius 2 is 1.58 bits per heavy atom. The lowest BCUT2D eigenvalue weighted by Crippen LogP contribution is -2.26. The molecule has 31 heavy (non-hydrogen) atoms. The molecule has 3 rings (SSSR count). The predicted molar refractivity (Wildman–Crippen MR) is 93.3 cm³/mol. The number of benzene rings is 2. The fourth-order valence-electron chi connectivity index (χ4n) is 2.59. The van der Waals surface area contributed by atoms with Gasteiger partial charge in [0.1, 0.15) is 5.75 Å². The normalized spacial score (nSPS) is 12.0. The van der Waals surface area contributed by atoms with Crippen LogP contribution in [-0.4, -0.2) is 33.2 Å². The van der Waals surface area contributed by atoms with Gasteiger partial charge in [-0.2, -0.15) is 31.0 Å². The molecule has 0 saturated carbocycles. The van der Waals surface area contributed by atoms with Crippen molar-refractivity contribution in [3.05, 3.63) is 65.0 Å². The quantitative estimate of drug-likeness (QED) is 0.607. The van der Waals surface area contributed by atoms with Gasteiger partial charge in [-0.05, 0) is 52.9 Å². The number of ether oxygens (including phenoxy) is 1. The molecule has 1 heterocycles. The first-order valence-electron chi connectivity index (χ1n) is 8.48. The third-order valence-corrected chi connectivity index (χ3v) is 4.11. The molecule has 1 N–H and O–H groups in total. The monoisotopic (exact) mass is 445 g/mol. The van der Waals surface area contributed by atoms with Crippen molar-refractivity contribution in [2.45, 2.75) is 18.9 Å². The van der Waals surface area contributed by atoms with Crippen LogP contribution in [-0.2, 0) is 18.9 Å². The number of rotatable bonds is 5. The summed E-state index contributed by atoms with van der Waals surface area (Å²) in [5, 5.41) is 13.2. The summed E-state index contributed by atoms with van der Waals surface area (Å²) in [5.41, 5.74) is -3.48. The molecule has 0 saturated heterocycles. The Labute approximate surface area is 170 Å². The van der Waals surface area contributed by atoms with Gasteiger partial charge in [0.15, 0.2) is 5.82 Å². The first-order chi connectivity index (χ1) is 14.5. The van der Waals surface area contributed by atoms with Crippen LogP contribution in [0.5, 0.6) is 5.75 Å². The third kappa shape index (κ3) is 5.10. The molecule has 0 spiro atoms. The van der Waals surface area contributed by atoms with Gasteiger partial charge in [-0.1, -0.05) is 0 Å². The van der Waals surface area contributed by atoms with Gasteiger partial charge in [0.05, 0.1) is 30.5 Å². The molecule has 0 bridgehead atoms. The molecule has 0 atom stereocenters. The Bertz CT molecular complexity index is 1040. The number of nitrogens with zero attached hydrogens (tertiary/aromatic N) is 4. The lowest BCUT2D eigenvalue weighted by molar-refractivity contribution is -0.143. The van der Waals surface area contributed by atoms with E-state index in [0.717, 1.165) is 0 Å². The second-order valence-corrected chi connectivity index (χ2v) is 6.18. The van der Waals surface area contributed by atoms with Gasteiger partial charge in [0.2, 0.25) is 0 Å². The number of aromatic nitrogens is 4. The summed E-state index contributed by atoms with van der Waals surface area (Å²) in [6.07, 6.45) is -10.1. The average Bonchev–Trinajstić information content (AvgIpc) is 3.19. The largest absolute Gasteiger partial charge is 0.497 e. The van der Waals surface area contributed by atoms with Crippen LogP contribution in [0.15, 0.2) is 42.5 Å². The lowest BCUT2D eigenvalue weighted by Gasteiger charge is -2.14. The van der Waals surface area contributed by atoms with E-state index >= 15 is 0 Å². The zero-order valence-corrected chi connectivity index (χ0v) is 15.6. The first kappa shape index (κ1) is 22.1. The molecule has 0 aliphatic carbocycles. The summed E-state index contributed by atoms with van der Waals surface area (Å²) < 4.78 is 84.1. The van der Waals surface area contributed by atoms with Crippen LogP contribution >= 0.6 is 0 Å². The van der Waals surface area contributed by atoms with E-state index in [1.54, 1.807) is 24.3 Å². The second kappa shape index (κ2) is 8.24. The molecule has 0 aliphatic rings. The predicted octanol–water partition coefficient (Wildman–Crippen LogP) is 3.64. The number of hydrogen-bond acceptors (Lipinski definition) is 5. The van der Waals surface area contributed by atoms with Gasteiger partial charge in [-0.3, -0.25) is 4.79 Å². The molecule has 7 nitrogen and oxygen atoms in total. The van der Waals surface area contributed by atoms with Crippen LogP contribution in [0.3, 0.4) is 0 Å². The second-order valence-electron chi connectivity index (χ2n) is 6.18. The Kier molecular flexibility index (Phi) is 5.86. The molecule has 164 valence electrons. The average molecular weight is 445 g/mol. The minimum absolute atomic E-state index is 0.0546. The minimum Gasteiger partial charge on any atom is -0.497 e. The molecule has 0 aliphatic heterocycles. The van der Waals surface area contributed by atoms with E-state index < -0.39 is 35.0 Å². The number of carbonyl (C=O) groups is 1. The molecule has 0 unspecified atom stereocenters. The first-order valence-corrected chi connectivity index (χ1v) is 8.48. The van der Waals surface area contributed by atoms with E-state index in [1.807, 2.05) is 0 Å². The smallest absolute Gasteiger partial charge is 0.416 e. The van der Waals surface area contributed by atoms with Crippen LogP contribution in [0.1, 0.15) is 27.3 Å². The Morgan fingerprint density at radius 1 is 1.00 bits per heavy atom. The summed E-state index contributed by atoms with van der Waals surface area (Å²) in [5.74, 6) is -0.487. The summed E-state index contributed by atoms with van der Waals surface area (Å²) in [7, 11) is 1.48. The number of amides is 1. The van der Waals surface area contributed by atoms with Crippen molar-refractivity contribution in [1.29, 1.82) is 0 Å². The number of alkyl halides is 6. The maximum atomic E-state index is 13.0. The zero-order valence-electron chi connectivity index (χ0n) is 15.6. The highest BCUT2D eigenvalue weighted by Gasteiger charge is 2.37. The van der Waals surface area contributed by atoms with Gasteiger partial charge < -0.3 is 10.1 Å². The highest BCUT2D eigenvalue weighted by atomic mass is 19.4. The highest BCUT2D eigenvalue weighted by Crippen LogP contribution is 2.36. The molecular formula is C18H13F6N5O2. The summed E-state index contributed by atoms with van der Waals surface area (Å²) in [6.45, 7) is -0.352. The molecule has 2 aromatic carbocycles. The van der Waals surface area contributed by atoms with E-state index in [0.29, 0.717) is 23.6 Å². The Hall–Kier alpha value is -3.64. The molecule has 1 amide bonds. The van der Waals surface area contributed by atoms with Gasteiger partial charge in [-0.15, -0.1) is 5.10 Å². The maximum Gasteiger partial charge on any atom is 0.416 e. The molecule has 3 aromatic rings. The molecule has 0 radical (unpaired) electrons. The zero-order chi connectivity index (χ0) is 22.8. The van der Waals surface area contributed by atoms with E-state index in [4.69, 9.17) is 4.74 Å².